The highest BCUT2D eigenvalue weighted by molar-refractivity contribution is 7.53. The Hall–Kier alpha value is -2.30. The van der Waals surface area contributed by atoms with Gasteiger partial charge in [0.15, 0.2) is 6.35 Å². The van der Waals surface area contributed by atoms with Crippen LogP contribution < -0.4 is 4.74 Å². The van der Waals surface area contributed by atoms with Gasteiger partial charge in [-0.25, -0.2) is 0 Å². The second-order valence-corrected chi connectivity index (χ2v) is 13.2. The van der Waals surface area contributed by atoms with Crippen molar-refractivity contribution in [3.8, 4) is 11.5 Å². The van der Waals surface area contributed by atoms with E-state index in [0.29, 0.717) is 22.9 Å². The van der Waals surface area contributed by atoms with Crippen molar-refractivity contribution in [2.45, 2.75) is 72.0 Å². The molecule has 0 aromatic heterocycles. The van der Waals surface area contributed by atoms with Crippen molar-refractivity contribution in [3.63, 3.8) is 0 Å². The molecule has 0 aliphatic carbocycles. The molecule has 37 heavy (non-hydrogen) atoms. The molecule has 1 fully saturated rings. The molecule has 3 aromatic carbocycles. The molecular weight excluding hydrogens is 507 g/mol. The number of ether oxygens (including phenoxy) is 1. The average molecular weight is 543 g/mol. The van der Waals surface area contributed by atoms with Gasteiger partial charge in [0.2, 0.25) is 0 Å². The van der Waals surface area contributed by atoms with Gasteiger partial charge in [-0.05, 0) is 104 Å². The first-order valence-corrected chi connectivity index (χ1v) is 14.7. The molecule has 5 nitrogen and oxygen atoms in total. The third-order valence-electron chi connectivity index (χ3n) is 6.73. The van der Waals surface area contributed by atoms with E-state index in [1.165, 1.54) is 5.56 Å². The Kier molecular flexibility index (Phi) is 8.11. The molecule has 0 radical (unpaired) electrons. The van der Waals surface area contributed by atoms with E-state index in [1.54, 1.807) is 12.1 Å². The first kappa shape index (κ1) is 27.7. The van der Waals surface area contributed by atoms with Crippen LogP contribution in [0.25, 0.3) is 0 Å². The Morgan fingerprint density at radius 3 is 2.46 bits per heavy atom. The highest BCUT2D eigenvalue weighted by atomic mass is 35.5. The Balaban J connectivity index is 1.50. The van der Waals surface area contributed by atoms with E-state index in [0.717, 1.165) is 34.2 Å². The maximum absolute atomic E-state index is 13.7. The van der Waals surface area contributed by atoms with Gasteiger partial charge < -0.3 is 9.84 Å². The van der Waals surface area contributed by atoms with Gasteiger partial charge in [0.05, 0.1) is 11.7 Å². The van der Waals surface area contributed by atoms with Crippen LogP contribution in [-0.4, -0.2) is 17.1 Å². The van der Waals surface area contributed by atoms with Crippen molar-refractivity contribution in [2.75, 3.05) is 6.35 Å². The van der Waals surface area contributed by atoms with E-state index >= 15 is 0 Å². The lowest BCUT2D eigenvalue weighted by molar-refractivity contribution is -0.0258. The van der Waals surface area contributed by atoms with Crippen molar-refractivity contribution in [1.29, 1.82) is 0 Å². The van der Waals surface area contributed by atoms with Crippen molar-refractivity contribution in [2.24, 2.45) is 0 Å². The fourth-order valence-corrected chi connectivity index (χ4v) is 6.98. The number of phenols is 1. The van der Waals surface area contributed by atoms with Crippen LogP contribution in [0.2, 0.25) is 5.02 Å². The molecule has 2 atom stereocenters. The van der Waals surface area contributed by atoms with Crippen LogP contribution in [0.1, 0.15) is 79.5 Å². The van der Waals surface area contributed by atoms with Gasteiger partial charge in [0, 0.05) is 11.4 Å². The van der Waals surface area contributed by atoms with Crippen LogP contribution in [0.4, 0.5) is 0 Å². The summed E-state index contributed by atoms with van der Waals surface area (Å²) < 4.78 is 31.6. The second-order valence-electron chi connectivity index (χ2n) is 10.8. The Labute approximate surface area is 225 Å². The number of hydrogen-bond donors (Lipinski definition) is 1. The van der Waals surface area contributed by atoms with E-state index in [9.17, 15) is 9.67 Å². The summed E-state index contributed by atoms with van der Waals surface area (Å²) in [5, 5.41) is 10.8. The van der Waals surface area contributed by atoms with E-state index in [2.05, 4.69) is 19.9 Å². The van der Waals surface area contributed by atoms with Crippen molar-refractivity contribution < 1.29 is 23.5 Å². The Morgan fingerprint density at radius 1 is 1.11 bits per heavy atom. The van der Waals surface area contributed by atoms with Gasteiger partial charge in [-0.15, -0.1) is 0 Å². The Morgan fingerprint density at radius 2 is 1.81 bits per heavy atom. The summed E-state index contributed by atoms with van der Waals surface area (Å²) in [6, 6.07) is 17.2. The summed E-state index contributed by atoms with van der Waals surface area (Å²) in [5.74, 6) is 1.20. The molecule has 1 saturated heterocycles. The van der Waals surface area contributed by atoms with Gasteiger partial charge in [0.25, 0.3) is 0 Å². The minimum atomic E-state index is -3.54. The molecule has 1 aliphatic heterocycles. The first-order chi connectivity index (χ1) is 17.3. The summed E-state index contributed by atoms with van der Waals surface area (Å²) in [7, 11) is -3.54. The van der Waals surface area contributed by atoms with Crippen molar-refractivity contribution >= 4 is 19.2 Å². The minimum absolute atomic E-state index is 0.179. The highest BCUT2D eigenvalue weighted by Crippen LogP contribution is 2.60. The number of aromatic hydroxyl groups is 1. The number of phenolic OH excluding ortho intramolecular Hbond substituents is 1. The quantitative estimate of drug-likeness (QED) is 0.302. The topological polar surface area (TPSA) is 65.0 Å². The molecule has 1 heterocycles. The fraction of sp³-hybridized carbons (Fsp3) is 0.400. The third-order valence-corrected chi connectivity index (χ3v) is 8.75. The van der Waals surface area contributed by atoms with Gasteiger partial charge in [-0.3, -0.25) is 13.6 Å². The van der Waals surface area contributed by atoms with E-state index < -0.39 is 19.3 Å². The van der Waals surface area contributed by atoms with Crippen LogP contribution in [0.5, 0.6) is 11.5 Å². The molecule has 4 rings (SSSR count). The lowest BCUT2D eigenvalue weighted by Crippen LogP contribution is -2.33. The number of aryl methyl sites for hydroxylation is 2. The van der Waals surface area contributed by atoms with Crippen LogP contribution in [0, 0.1) is 13.8 Å². The van der Waals surface area contributed by atoms with Gasteiger partial charge in [0.1, 0.15) is 11.5 Å². The second kappa shape index (κ2) is 10.8. The molecule has 7 heteroatoms. The van der Waals surface area contributed by atoms with Gasteiger partial charge in [-0.1, -0.05) is 49.7 Å². The number of halogens is 1. The van der Waals surface area contributed by atoms with E-state index in [1.807, 2.05) is 64.1 Å². The largest absolute Gasteiger partial charge is 0.508 e. The van der Waals surface area contributed by atoms with Gasteiger partial charge in [-0.2, -0.15) is 0 Å². The molecule has 0 spiro atoms. The smallest absolute Gasteiger partial charge is 0.368 e. The lowest BCUT2D eigenvalue weighted by Gasteiger charge is -2.39. The first-order valence-electron chi connectivity index (χ1n) is 12.6. The maximum Gasteiger partial charge on any atom is 0.368 e. The molecule has 0 unspecified atom stereocenters. The summed E-state index contributed by atoms with van der Waals surface area (Å²) in [5.41, 5.74) is 5.68. The normalized spacial score (nSPS) is 21.2. The number of benzene rings is 3. The summed E-state index contributed by atoms with van der Waals surface area (Å²) in [6.07, 6.45) is 0.725. The minimum Gasteiger partial charge on any atom is -0.508 e. The van der Waals surface area contributed by atoms with Gasteiger partial charge >= 0.3 is 7.60 Å². The van der Waals surface area contributed by atoms with Crippen molar-refractivity contribution in [1.82, 2.24) is 0 Å². The Bertz CT molecular complexity index is 1310. The standard InChI is InChI=1S/C30H36ClO5P/c1-19(2)26-14-22(10-11-28(26)32)15-27-20(3)12-25(13-21(27)4)34-18-37(33)35-29(17-30(5,6)36-37)23-8-7-9-24(31)16-23/h7-14,16,19,29,32H,15,17-18H2,1-6H3/t29-,37-/m0/s1. The molecular formula is C30H36ClO5P. The number of rotatable bonds is 7. The highest BCUT2D eigenvalue weighted by Gasteiger charge is 2.44. The summed E-state index contributed by atoms with van der Waals surface area (Å²) in [6.45, 7) is 12.1. The molecule has 0 bridgehead atoms. The third kappa shape index (κ3) is 6.78. The molecule has 1 N–H and O–H groups in total. The monoisotopic (exact) mass is 542 g/mol. The van der Waals surface area contributed by atoms with Crippen LogP contribution in [-0.2, 0) is 20.0 Å². The summed E-state index contributed by atoms with van der Waals surface area (Å²) in [4.78, 5) is 0. The molecule has 0 saturated carbocycles. The van der Waals surface area contributed by atoms with Crippen LogP contribution in [0.3, 0.4) is 0 Å². The number of hydrogen-bond acceptors (Lipinski definition) is 5. The average Bonchev–Trinajstić information content (AvgIpc) is 2.80. The zero-order valence-corrected chi connectivity index (χ0v) is 24.0. The van der Waals surface area contributed by atoms with Crippen molar-refractivity contribution in [3.05, 3.63) is 93.0 Å². The molecule has 0 amide bonds. The zero-order chi connectivity index (χ0) is 27.0. The lowest BCUT2D eigenvalue weighted by atomic mass is 9.93. The van der Waals surface area contributed by atoms with E-state index in [-0.39, 0.29) is 12.3 Å². The van der Waals surface area contributed by atoms with Crippen LogP contribution >= 0.6 is 19.2 Å². The maximum atomic E-state index is 13.7. The SMILES string of the molecule is Cc1cc(OC[P@]2(=O)O[C@H](c3cccc(Cl)c3)CC(C)(C)O2)cc(C)c1Cc1ccc(O)c(C(C)C)c1. The molecule has 1 aliphatic rings. The van der Waals surface area contributed by atoms with E-state index in [4.69, 9.17) is 25.4 Å². The fourth-order valence-electron chi connectivity index (χ4n) is 4.91. The zero-order valence-electron chi connectivity index (χ0n) is 22.4. The predicted molar refractivity (Wildman–Crippen MR) is 149 cm³/mol. The summed E-state index contributed by atoms with van der Waals surface area (Å²) >= 11 is 6.18. The molecule has 198 valence electrons. The van der Waals surface area contributed by atoms with Crippen LogP contribution in [0.15, 0.2) is 54.6 Å². The predicted octanol–water partition coefficient (Wildman–Crippen LogP) is 8.86. The molecule has 3 aromatic rings.